The van der Waals surface area contributed by atoms with Gasteiger partial charge >= 0.3 is 11.9 Å². The van der Waals surface area contributed by atoms with Crippen molar-refractivity contribution in [1.82, 2.24) is 4.90 Å². The Kier molecular flexibility index (Phi) is 5.38. The third-order valence-corrected chi connectivity index (χ3v) is 4.14. The van der Waals surface area contributed by atoms with Gasteiger partial charge in [0.05, 0.1) is 13.5 Å². The first-order valence-electron chi connectivity index (χ1n) is 7.41. The van der Waals surface area contributed by atoms with Gasteiger partial charge in [-0.2, -0.15) is 0 Å². The Hall–Kier alpha value is -2.08. The summed E-state index contributed by atoms with van der Waals surface area (Å²) < 4.78 is 4.63. The summed E-state index contributed by atoms with van der Waals surface area (Å²) in [4.78, 5) is 25.0. The molecule has 0 unspecified atom stereocenters. The number of hydrogen-bond acceptors (Lipinski definition) is 5. The molecule has 0 aliphatic carbocycles. The van der Waals surface area contributed by atoms with Gasteiger partial charge in [-0.05, 0) is 25.0 Å². The summed E-state index contributed by atoms with van der Waals surface area (Å²) in [5.41, 5.74) is -0.128. The molecule has 22 heavy (non-hydrogen) atoms. The van der Waals surface area contributed by atoms with Gasteiger partial charge in [0.15, 0.2) is 0 Å². The standard InChI is InChI=1S/C16H22N2O4/c1-22-14(19)7-10-18-11-8-16(9-12-18,15(20)21)17-13-5-3-2-4-6-13/h2-6,17H,7-12H2,1H3,(H,20,21). The molecule has 1 aliphatic heterocycles. The number of ether oxygens (including phenoxy) is 1. The molecule has 0 amide bonds. The van der Waals surface area contributed by atoms with Crippen molar-refractivity contribution >= 4 is 17.6 Å². The lowest BCUT2D eigenvalue weighted by molar-refractivity contribution is -0.145. The maximum absolute atomic E-state index is 11.7. The monoisotopic (exact) mass is 306 g/mol. The first kappa shape index (κ1) is 16.3. The number of methoxy groups -OCH3 is 1. The number of nitrogens with zero attached hydrogens (tertiary/aromatic N) is 1. The van der Waals surface area contributed by atoms with Crippen LogP contribution >= 0.6 is 0 Å². The van der Waals surface area contributed by atoms with Gasteiger partial charge in [-0.25, -0.2) is 4.79 Å². The highest BCUT2D eigenvalue weighted by atomic mass is 16.5. The van der Waals surface area contributed by atoms with Gasteiger partial charge in [0.2, 0.25) is 0 Å². The zero-order valence-corrected chi connectivity index (χ0v) is 12.7. The number of hydrogen-bond donors (Lipinski definition) is 2. The molecule has 0 atom stereocenters. The zero-order chi connectivity index (χ0) is 16.0. The molecule has 1 heterocycles. The van der Waals surface area contributed by atoms with Crippen LogP contribution in [0.4, 0.5) is 5.69 Å². The topological polar surface area (TPSA) is 78.9 Å². The van der Waals surface area contributed by atoms with Crippen LogP contribution in [-0.2, 0) is 14.3 Å². The zero-order valence-electron chi connectivity index (χ0n) is 12.7. The second kappa shape index (κ2) is 7.26. The van der Waals surface area contributed by atoms with Crippen molar-refractivity contribution in [1.29, 1.82) is 0 Å². The number of carboxylic acid groups (broad SMARTS) is 1. The summed E-state index contributed by atoms with van der Waals surface area (Å²) in [6.07, 6.45) is 1.33. The summed E-state index contributed by atoms with van der Waals surface area (Å²) in [7, 11) is 1.37. The minimum atomic E-state index is -0.941. The fourth-order valence-corrected chi connectivity index (χ4v) is 2.70. The maximum atomic E-state index is 11.7. The number of likely N-dealkylation sites (tertiary alicyclic amines) is 1. The van der Waals surface area contributed by atoms with E-state index in [0.717, 1.165) is 5.69 Å². The molecule has 0 spiro atoms. The van der Waals surface area contributed by atoms with Gasteiger partial charge < -0.3 is 20.1 Å². The van der Waals surface area contributed by atoms with E-state index < -0.39 is 11.5 Å². The first-order valence-corrected chi connectivity index (χ1v) is 7.41. The Morgan fingerprint density at radius 1 is 1.27 bits per heavy atom. The second-order valence-electron chi connectivity index (χ2n) is 5.55. The van der Waals surface area contributed by atoms with Gasteiger partial charge in [0, 0.05) is 25.3 Å². The van der Waals surface area contributed by atoms with E-state index in [1.165, 1.54) is 7.11 Å². The van der Waals surface area contributed by atoms with E-state index in [9.17, 15) is 14.7 Å². The average molecular weight is 306 g/mol. The van der Waals surface area contributed by atoms with E-state index in [0.29, 0.717) is 38.9 Å². The summed E-state index contributed by atoms with van der Waals surface area (Å²) in [5, 5.41) is 12.8. The van der Waals surface area contributed by atoms with Crippen LogP contribution in [0.1, 0.15) is 19.3 Å². The van der Waals surface area contributed by atoms with Crippen LogP contribution in [0.5, 0.6) is 0 Å². The first-order chi connectivity index (χ1) is 10.6. The van der Waals surface area contributed by atoms with Crippen LogP contribution in [0, 0.1) is 0 Å². The highest BCUT2D eigenvalue weighted by Crippen LogP contribution is 2.27. The number of benzene rings is 1. The highest BCUT2D eigenvalue weighted by Gasteiger charge is 2.41. The Labute approximate surface area is 130 Å². The lowest BCUT2D eigenvalue weighted by Gasteiger charge is -2.39. The van der Waals surface area contributed by atoms with Crippen molar-refractivity contribution in [2.75, 3.05) is 32.1 Å². The molecule has 2 N–H and O–H groups in total. The quantitative estimate of drug-likeness (QED) is 0.777. The highest BCUT2D eigenvalue weighted by molar-refractivity contribution is 5.83. The fraction of sp³-hybridized carbons (Fsp3) is 0.500. The molecular formula is C16H22N2O4. The minimum absolute atomic E-state index is 0.238. The van der Waals surface area contributed by atoms with Gasteiger partial charge in [0.25, 0.3) is 0 Å². The number of para-hydroxylation sites is 1. The average Bonchev–Trinajstić information content (AvgIpc) is 2.54. The van der Waals surface area contributed by atoms with E-state index >= 15 is 0 Å². The third-order valence-electron chi connectivity index (χ3n) is 4.14. The van der Waals surface area contributed by atoms with Gasteiger partial charge in [-0.1, -0.05) is 18.2 Å². The molecule has 6 nitrogen and oxygen atoms in total. The largest absolute Gasteiger partial charge is 0.480 e. The number of rotatable bonds is 6. The molecule has 1 fully saturated rings. The number of esters is 1. The van der Waals surface area contributed by atoms with Gasteiger partial charge in [0.1, 0.15) is 5.54 Å². The van der Waals surface area contributed by atoms with Crippen molar-refractivity contribution in [3.05, 3.63) is 30.3 Å². The smallest absolute Gasteiger partial charge is 0.329 e. The Balaban J connectivity index is 1.95. The van der Waals surface area contributed by atoms with Crippen molar-refractivity contribution in [3.63, 3.8) is 0 Å². The number of carboxylic acids is 1. The van der Waals surface area contributed by atoms with E-state index in [1.54, 1.807) is 0 Å². The number of anilines is 1. The summed E-state index contributed by atoms with van der Waals surface area (Å²) in [6, 6.07) is 9.39. The maximum Gasteiger partial charge on any atom is 0.329 e. The van der Waals surface area contributed by atoms with Crippen LogP contribution in [-0.4, -0.2) is 54.2 Å². The molecule has 1 aliphatic rings. The molecule has 1 saturated heterocycles. The van der Waals surface area contributed by atoms with Crippen LogP contribution in [0.3, 0.4) is 0 Å². The van der Waals surface area contributed by atoms with E-state index in [2.05, 4.69) is 15.0 Å². The van der Waals surface area contributed by atoms with Gasteiger partial charge in [-0.3, -0.25) is 4.79 Å². The van der Waals surface area contributed by atoms with Crippen molar-refractivity contribution in [2.45, 2.75) is 24.8 Å². The lowest BCUT2D eigenvalue weighted by Crippen LogP contribution is -2.54. The molecule has 1 aromatic rings. The van der Waals surface area contributed by atoms with E-state index in [-0.39, 0.29) is 5.97 Å². The number of carbonyl (C=O) groups is 2. The van der Waals surface area contributed by atoms with E-state index in [1.807, 2.05) is 30.3 Å². The molecule has 0 aromatic heterocycles. The van der Waals surface area contributed by atoms with Crippen LogP contribution in [0.15, 0.2) is 30.3 Å². The molecule has 2 rings (SSSR count). The third kappa shape index (κ3) is 3.98. The Morgan fingerprint density at radius 2 is 1.91 bits per heavy atom. The number of aliphatic carboxylic acids is 1. The molecule has 0 bridgehead atoms. The summed E-state index contributed by atoms with van der Waals surface area (Å²) in [5.74, 6) is -1.07. The molecular weight excluding hydrogens is 284 g/mol. The number of nitrogens with one attached hydrogen (secondary N) is 1. The molecule has 6 heteroatoms. The van der Waals surface area contributed by atoms with Crippen molar-refractivity contribution in [3.8, 4) is 0 Å². The minimum Gasteiger partial charge on any atom is -0.480 e. The second-order valence-corrected chi connectivity index (χ2v) is 5.55. The molecule has 0 saturated carbocycles. The van der Waals surface area contributed by atoms with Crippen LogP contribution < -0.4 is 5.32 Å². The van der Waals surface area contributed by atoms with Crippen molar-refractivity contribution < 1.29 is 19.4 Å². The normalized spacial score (nSPS) is 17.7. The number of piperidine rings is 1. The predicted octanol–water partition coefficient (Wildman–Crippen LogP) is 1.58. The SMILES string of the molecule is COC(=O)CCN1CCC(Nc2ccccc2)(C(=O)O)CC1. The predicted molar refractivity (Wildman–Crippen MR) is 82.7 cm³/mol. The Morgan fingerprint density at radius 3 is 2.45 bits per heavy atom. The van der Waals surface area contributed by atoms with Crippen molar-refractivity contribution in [2.24, 2.45) is 0 Å². The summed E-state index contributed by atoms with van der Waals surface area (Å²) in [6.45, 7) is 1.89. The van der Waals surface area contributed by atoms with Gasteiger partial charge in [-0.15, -0.1) is 0 Å². The van der Waals surface area contributed by atoms with Crippen LogP contribution in [0.25, 0.3) is 0 Å². The lowest BCUT2D eigenvalue weighted by atomic mass is 9.87. The Bertz CT molecular complexity index is 510. The van der Waals surface area contributed by atoms with Crippen LogP contribution in [0.2, 0.25) is 0 Å². The molecule has 1 aromatic carbocycles. The summed E-state index contributed by atoms with van der Waals surface area (Å²) >= 11 is 0. The molecule has 0 radical (unpaired) electrons. The molecule has 120 valence electrons. The number of carbonyl (C=O) groups excluding carboxylic acids is 1. The van der Waals surface area contributed by atoms with E-state index in [4.69, 9.17) is 0 Å². The fourth-order valence-electron chi connectivity index (χ4n) is 2.70.